The summed E-state index contributed by atoms with van der Waals surface area (Å²) in [6.07, 6.45) is 11.3. The zero-order valence-electron chi connectivity index (χ0n) is 33.6. The second kappa shape index (κ2) is 19.5. The summed E-state index contributed by atoms with van der Waals surface area (Å²) in [5.74, 6) is -0.211. The summed E-state index contributed by atoms with van der Waals surface area (Å²) < 4.78 is 1.84. The monoisotopic (exact) mass is 774 g/mol. The van der Waals surface area contributed by atoms with E-state index in [1.54, 1.807) is 30.5 Å². The molecule has 0 spiro atoms. The molecule has 0 saturated heterocycles. The number of amides is 2. The van der Waals surface area contributed by atoms with Crippen LogP contribution >= 0.6 is 0 Å². The summed E-state index contributed by atoms with van der Waals surface area (Å²) >= 11 is 0. The Kier molecular flexibility index (Phi) is 14.3. The fourth-order valence-electron chi connectivity index (χ4n) is 7.26. The summed E-state index contributed by atoms with van der Waals surface area (Å²) in [5.41, 5.74) is 10.1. The van der Waals surface area contributed by atoms with Crippen molar-refractivity contribution < 1.29 is 19.5 Å². The highest BCUT2D eigenvalue weighted by atomic mass is 16.3. The molecule has 58 heavy (non-hydrogen) atoms. The van der Waals surface area contributed by atoms with Gasteiger partial charge >= 0.3 is 0 Å². The van der Waals surface area contributed by atoms with Gasteiger partial charge in [-0.25, -0.2) is 9.97 Å². The van der Waals surface area contributed by atoms with Gasteiger partial charge in [0.2, 0.25) is 0 Å². The number of nitrogens with one attached hydrogen (secondary N) is 1. The smallest absolute Gasteiger partial charge is 0.258 e. The van der Waals surface area contributed by atoms with Crippen LogP contribution in [0.1, 0.15) is 90.8 Å². The fourth-order valence-corrected chi connectivity index (χ4v) is 7.26. The van der Waals surface area contributed by atoms with E-state index in [1.165, 1.54) is 24.8 Å². The standard InChI is InChI=1S/C32H27N5O.C8H5NO2.C5H12.C2H4.CH2O/c1-20-15-27-34-19-26-28(24-9-6-14-33-18-24)29(22-7-4-3-5-8-22)30(35-31(26)37(27)36-20)23-12-10-21(11-13-23)25-16-32(2,38)17-25;10-7-5-3-1-2-4-6(5)8(11)9-7;1-3-5-4-2;2*1-2/h3-15,18-19,25,38H,16-17H2,1-2H3;1-4H,(H,9,10,11);3-5H2,1-2H3;1-2H2;1H2. The molecule has 0 radical (unpaired) electrons. The lowest BCUT2D eigenvalue weighted by Crippen LogP contribution is -2.39. The second-order valence-electron chi connectivity index (χ2n) is 14.3. The number of benzene rings is 3. The summed E-state index contributed by atoms with van der Waals surface area (Å²) in [4.78, 5) is 44.3. The second-order valence-corrected chi connectivity index (χ2v) is 14.3. The van der Waals surface area contributed by atoms with Gasteiger partial charge in [-0.15, -0.1) is 13.2 Å². The Morgan fingerprint density at radius 2 is 1.40 bits per heavy atom. The van der Waals surface area contributed by atoms with Crippen molar-refractivity contribution in [1.82, 2.24) is 29.9 Å². The summed E-state index contributed by atoms with van der Waals surface area (Å²) in [5, 5.41) is 18.1. The predicted octanol–water partition coefficient (Wildman–Crippen LogP) is 9.99. The van der Waals surface area contributed by atoms with E-state index in [9.17, 15) is 14.7 Å². The minimum absolute atomic E-state index is 0.300. The molecule has 0 bridgehead atoms. The first-order valence-electron chi connectivity index (χ1n) is 19.4. The molecule has 4 aromatic heterocycles. The number of aromatic nitrogens is 5. The molecule has 1 saturated carbocycles. The Hall–Kier alpha value is -6.65. The van der Waals surface area contributed by atoms with Gasteiger partial charge in [0, 0.05) is 52.3 Å². The Morgan fingerprint density at radius 1 is 0.793 bits per heavy atom. The van der Waals surface area contributed by atoms with Crippen molar-refractivity contribution in [2.45, 2.75) is 71.3 Å². The lowest BCUT2D eigenvalue weighted by molar-refractivity contribution is -0.0980. The van der Waals surface area contributed by atoms with E-state index in [-0.39, 0.29) is 11.8 Å². The SMILES string of the molecule is C=C.C=O.CCCCC.Cc1cc2ncc3c(-c4cccnc4)c(-c4ccccc4)c(-c4ccc(C5CC(C)(O)C5)cc4)nc3n2n1.O=C1NC(=O)c2ccccc21. The molecule has 1 fully saturated rings. The molecule has 7 aromatic rings. The molecule has 9 rings (SSSR count). The maximum absolute atomic E-state index is 10.9. The van der Waals surface area contributed by atoms with E-state index in [0.29, 0.717) is 17.0 Å². The van der Waals surface area contributed by atoms with Crippen molar-refractivity contribution in [2.24, 2.45) is 0 Å². The topological polar surface area (TPSA) is 139 Å². The third-order valence-electron chi connectivity index (χ3n) is 9.95. The van der Waals surface area contributed by atoms with Crippen molar-refractivity contribution in [1.29, 1.82) is 0 Å². The van der Waals surface area contributed by atoms with Crippen molar-refractivity contribution in [3.63, 3.8) is 0 Å². The Bertz CT molecular complexity index is 2440. The van der Waals surface area contributed by atoms with Gasteiger partial charge in [-0.05, 0) is 61.9 Å². The first kappa shape index (κ1) is 42.5. The molecule has 296 valence electrons. The van der Waals surface area contributed by atoms with Gasteiger partial charge < -0.3 is 9.90 Å². The molecule has 0 unspecified atom stereocenters. The molecule has 1 aliphatic carbocycles. The number of hydrogen-bond donors (Lipinski definition) is 2. The van der Waals surface area contributed by atoms with Crippen LogP contribution < -0.4 is 5.32 Å². The molecule has 0 atom stereocenters. The number of aryl methyl sites for hydroxylation is 1. The quantitative estimate of drug-likeness (QED) is 0.126. The minimum atomic E-state index is -0.552. The van der Waals surface area contributed by atoms with Crippen molar-refractivity contribution >= 4 is 35.3 Å². The van der Waals surface area contributed by atoms with Crippen LogP contribution in [0.25, 0.3) is 50.2 Å². The van der Waals surface area contributed by atoms with E-state index >= 15 is 0 Å². The molecular weight excluding hydrogens is 725 g/mol. The normalized spacial score (nSPS) is 16.1. The number of fused-ring (bicyclic) bond motifs is 4. The largest absolute Gasteiger partial charge is 0.390 e. The third-order valence-corrected chi connectivity index (χ3v) is 9.95. The molecule has 2 amide bonds. The van der Waals surface area contributed by atoms with Crippen LogP contribution in [0.2, 0.25) is 0 Å². The maximum Gasteiger partial charge on any atom is 0.258 e. The van der Waals surface area contributed by atoms with Crippen LogP contribution in [-0.2, 0) is 4.79 Å². The highest BCUT2D eigenvalue weighted by molar-refractivity contribution is 6.21. The lowest BCUT2D eigenvalue weighted by Gasteiger charge is -2.41. The van der Waals surface area contributed by atoms with Crippen molar-refractivity contribution in [3.8, 4) is 33.5 Å². The Morgan fingerprint density at radius 3 is 1.95 bits per heavy atom. The van der Waals surface area contributed by atoms with E-state index < -0.39 is 5.60 Å². The van der Waals surface area contributed by atoms with E-state index in [4.69, 9.17) is 19.9 Å². The zero-order valence-corrected chi connectivity index (χ0v) is 33.6. The minimum Gasteiger partial charge on any atom is -0.390 e. The van der Waals surface area contributed by atoms with E-state index in [1.807, 2.05) is 55.7 Å². The highest BCUT2D eigenvalue weighted by Gasteiger charge is 2.39. The summed E-state index contributed by atoms with van der Waals surface area (Å²) in [6, 6.07) is 31.8. The van der Waals surface area contributed by atoms with E-state index in [2.05, 4.69) is 91.9 Å². The maximum atomic E-state index is 10.9. The number of carbonyl (C=O) groups is 3. The van der Waals surface area contributed by atoms with E-state index in [0.717, 1.165) is 68.7 Å². The van der Waals surface area contributed by atoms with Crippen LogP contribution in [0.5, 0.6) is 0 Å². The number of carbonyl (C=O) groups excluding carboxylic acids is 3. The molecule has 10 heteroatoms. The van der Waals surface area contributed by atoms with Gasteiger partial charge in [-0.1, -0.05) is 106 Å². The van der Waals surface area contributed by atoms with Crippen molar-refractivity contribution in [3.05, 3.63) is 151 Å². The molecule has 1 aliphatic heterocycles. The van der Waals surface area contributed by atoms with Crippen LogP contribution in [0.3, 0.4) is 0 Å². The first-order chi connectivity index (χ1) is 28.2. The van der Waals surface area contributed by atoms with Crippen LogP contribution in [-0.4, -0.2) is 53.9 Å². The van der Waals surface area contributed by atoms with Gasteiger partial charge in [-0.3, -0.25) is 19.9 Å². The van der Waals surface area contributed by atoms with Crippen LogP contribution in [0.15, 0.2) is 129 Å². The highest BCUT2D eigenvalue weighted by Crippen LogP contribution is 2.46. The number of imide groups is 1. The molecular formula is C48H50N6O4. The van der Waals surface area contributed by atoms with Gasteiger partial charge in [0.05, 0.1) is 28.1 Å². The third kappa shape index (κ3) is 9.30. The van der Waals surface area contributed by atoms with Gasteiger partial charge in [0.25, 0.3) is 11.8 Å². The predicted molar refractivity (Wildman–Crippen MR) is 232 cm³/mol. The number of hydrogen-bond acceptors (Lipinski definition) is 8. The van der Waals surface area contributed by atoms with Gasteiger partial charge in [0.1, 0.15) is 6.79 Å². The number of nitrogens with zero attached hydrogens (tertiary/aromatic N) is 5. The average Bonchev–Trinajstić information content (AvgIpc) is 3.79. The number of unbranched alkanes of at least 4 members (excludes halogenated alkanes) is 2. The molecule has 2 aliphatic rings. The first-order valence-corrected chi connectivity index (χ1v) is 19.4. The van der Waals surface area contributed by atoms with Crippen molar-refractivity contribution in [2.75, 3.05) is 0 Å². The van der Waals surface area contributed by atoms with Gasteiger partial charge in [-0.2, -0.15) is 9.61 Å². The number of aliphatic hydroxyl groups is 1. The summed E-state index contributed by atoms with van der Waals surface area (Å²) in [6.45, 7) is 16.3. The zero-order chi connectivity index (χ0) is 41.8. The molecule has 2 N–H and O–H groups in total. The van der Waals surface area contributed by atoms with Gasteiger partial charge in [0.15, 0.2) is 11.3 Å². The molecule has 10 nitrogen and oxygen atoms in total. The molecule has 3 aromatic carbocycles. The van der Waals surface area contributed by atoms with Crippen LogP contribution in [0.4, 0.5) is 0 Å². The fraction of sp³-hybridized carbons (Fsp3) is 0.229. The Labute approximate surface area is 339 Å². The number of rotatable bonds is 6. The summed E-state index contributed by atoms with van der Waals surface area (Å²) in [7, 11) is 0. The Balaban J connectivity index is 0.000000265. The lowest BCUT2D eigenvalue weighted by atomic mass is 9.69. The van der Waals surface area contributed by atoms with Crippen LogP contribution in [0, 0.1) is 6.92 Å². The average molecular weight is 775 g/mol. The number of pyridine rings is 2. The molecule has 5 heterocycles.